The van der Waals surface area contributed by atoms with Gasteiger partial charge in [-0.05, 0) is 81.9 Å². The van der Waals surface area contributed by atoms with Crippen molar-refractivity contribution < 1.29 is 24.6 Å². The molecular weight excluding hydrogens is 688 g/mol. The van der Waals surface area contributed by atoms with Gasteiger partial charge in [-0.25, -0.2) is 4.79 Å². The van der Waals surface area contributed by atoms with E-state index in [1.807, 2.05) is 0 Å². The van der Waals surface area contributed by atoms with Gasteiger partial charge in [-0.15, -0.1) is 0 Å². The Morgan fingerprint density at radius 3 is 1.85 bits per heavy atom. The Balaban J connectivity index is 2.35. The molecule has 0 saturated heterocycles. The lowest BCUT2D eigenvalue weighted by Gasteiger charge is -2.15. The summed E-state index contributed by atoms with van der Waals surface area (Å²) in [5, 5.41) is 19.2. The number of amides is 2. The van der Waals surface area contributed by atoms with Crippen molar-refractivity contribution in [2.24, 2.45) is 0 Å². The SMILES string of the molecule is O=C(NNC(=O)c1c(Br)c(Br)c(Br)c(Br)c1C(=O)O)c1cc(Br)ccc1O. The largest absolute Gasteiger partial charge is 0.507 e. The lowest BCUT2D eigenvalue weighted by atomic mass is 10.1. The molecule has 12 heteroatoms. The molecular formula is C15H7Br5N2O5. The average Bonchev–Trinajstić information content (AvgIpc) is 2.62. The maximum Gasteiger partial charge on any atom is 0.337 e. The molecule has 0 heterocycles. The third-order valence-corrected chi connectivity index (χ3v) is 8.46. The highest BCUT2D eigenvalue weighted by molar-refractivity contribution is 9.15. The molecule has 2 aromatic rings. The van der Waals surface area contributed by atoms with Crippen molar-refractivity contribution in [3.63, 3.8) is 0 Å². The molecule has 0 spiro atoms. The first kappa shape index (κ1) is 22.3. The Morgan fingerprint density at radius 1 is 0.778 bits per heavy atom. The highest BCUT2D eigenvalue weighted by Crippen LogP contribution is 2.42. The van der Waals surface area contributed by atoms with Gasteiger partial charge in [0.05, 0.1) is 16.7 Å². The van der Waals surface area contributed by atoms with Crippen molar-refractivity contribution in [2.75, 3.05) is 0 Å². The van der Waals surface area contributed by atoms with E-state index in [-0.39, 0.29) is 31.4 Å². The molecule has 27 heavy (non-hydrogen) atoms. The van der Waals surface area contributed by atoms with E-state index in [2.05, 4.69) is 90.5 Å². The molecule has 0 aliphatic carbocycles. The first-order valence-corrected chi connectivity index (χ1v) is 10.7. The number of benzene rings is 2. The van der Waals surface area contributed by atoms with Gasteiger partial charge in [0.1, 0.15) is 5.75 Å². The number of hydrogen-bond donors (Lipinski definition) is 4. The normalized spacial score (nSPS) is 10.4. The van der Waals surface area contributed by atoms with Gasteiger partial charge < -0.3 is 10.2 Å². The molecule has 0 fully saturated rings. The van der Waals surface area contributed by atoms with Gasteiger partial charge in [0, 0.05) is 22.4 Å². The summed E-state index contributed by atoms with van der Waals surface area (Å²) in [6.07, 6.45) is 0. The molecule has 0 bridgehead atoms. The van der Waals surface area contributed by atoms with Crippen molar-refractivity contribution >= 4 is 97.4 Å². The Hall–Kier alpha value is -0.950. The van der Waals surface area contributed by atoms with Gasteiger partial charge in [0.15, 0.2) is 0 Å². The predicted molar refractivity (Wildman–Crippen MR) is 115 cm³/mol. The number of aromatic hydroxyl groups is 1. The zero-order valence-corrected chi connectivity index (χ0v) is 20.7. The van der Waals surface area contributed by atoms with Crippen molar-refractivity contribution in [2.45, 2.75) is 0 Å². The Bertz CT molecular complexity index is 980. The number of carbonyl (C=O) groups excluding carboxylic acids is 2. The number of carboxylic acid groups (broad SMARTS) is 1. The third-order valence-electron chi connectivity index (χ3n) is 3.20. The molecule has 0 aliphatic heterocycles. The fourth-order valence-electron chi connectivity index (χ4n) is 1.98. The van der Waals surface area contributed by atoms with Gasteiger partial charge in [0.25, 0.3) is 11.8 Å². The standard InChI is InChI=1S/C15H7Br5N2O5/c16-4-1-2-6(23)5(3-4)13(24)21-22-14(25)7-8(15(26)27)10(18)12(20)11(19)9(7)17/h1-3,23H,(H,21,24)(H,22,25)(H,26,27). The van der Waals surface area contributed by atoms with Gasteiger partial charge >= 0.3 is 5.97 Å². The Kier molecular flexibility index (Phi) is 7.47. The number of halogens is 5. The molecule has 2 amide bonds. The minimum atomic E-state index is -1.35. The number of carbonyl (C=O) groups is 3. The molecule has 0 radical (unpaired) electrons. The first-order chi connectivity index (χ1) is 12.6. The maximum absolute atomic E-state index is 12.5. The Morgan fingerprint density at radius 2 is 1.30 bits per heavy atom. The van der Waals surface area contributed by atoms with Crippen LogP contribution >= 0.6 is 79.6 Å². The number of hydrogen-bond acceptors (Lipinski definition) is 4. The molecule has 4 N–H and O–H groups in total. The molecule has 2 rings (SSSR count). The van der Waals surface area contributed by atoms with Crippen LogP contribution in [0.5, 0.6) is 5.75 Å². The van der Waals surface area contributed by atoms with E-state index in [4.69, 9.17) is 0 Å². The van der Waals surface area contributed by atoms with Crippen LogP contribution in [-0.4, -0.2) is 28.0 Å². The van der Waals surface area contributed by atoms with E-state index in [0.717, 1.165) is 0 Å². The first-order valence-electron chi connectivity index (χ1n) is 6.74. The third kappa shape index (κ3) is 4.73. The van der Waals surface area contributed by atoms with E-state index in [0.29, 0.717) is 13.4 Å². The second-order valence-electron chi connectivity index (χ2n) is 4.88. The lowest BCUT2D eigenvalue weighted by Crippen LogP contribution is -2.42. The van der Waals surface area contributed by atoms with E-state index in [9.17, 15) is 24.6 Å². The number of phenols is 1. The zero-order valence-electron chi connectivity index (χ0n) is 12.7. The highest BCUT2D eigenvalue weighted by Gasteiger charge is 2.28. The van der Waals surface area contributed by atoms with Crippen LogP contribution in [0.2, 0.25) is 0 Å². The zero-order chi connectivity index (χ0) is 20.5. The highest BCUT2D eigenvalue weighted by atomic mass is 79.9. The van der Waals surface area contributed by atoms with Gasteiger partial charge in [-0.2, -0.15) is 0 Å². The van der Waals surface area contributed by atoms with Crippen LogP contribution in [0, 0.1) is 0 Å². The molecule has 0 aromatic heterocycles. The van der Waals surface area contributed by atoms with E-state index < -0.39 is 17.8 Å². The summed E-state index contributed by atoms with van der Waals surface area (Å²) in [5.74, 6) is -3.30. The van der Waals surface area contributed by atoms with Gasteiger partial charge in [-0.3, -0.25) is 20.4 Å². The molecule has 2 aromatic carbocycles. The van der Waals surface area contributed by atoms with Gasteiger partial charge in [0.2, 0.25) is 0 Å². The van der Waals surface area contributed by atoms with Crippen LogP contribution in [0.4, 0.5) is 0 Å². The van der Waals surface area contributed by atoms with Crippen molar-refractivity contribution in [1.29, 1.82) is 0 Å². The van der Waals surface area contributed by atoms with Gasteiger partial charge in [-0.1, -0.05) is 15.9 Å². The fraction of sp³-hybridized carbons (Fsp3) is 0. The average molecular weight is 695 g/mol. The van der Waals surface area contributed by atoms with Crippen molar-refractivity contribution in [1.82, 2.24) is 10.9 Å². The smallest absolute Gasteiger partial charge is 0.337 e. The van der Waals surface area contributed by atoms with Crippen molar-refractivity contribution in [3.05, 3.63) is 57.3 Å². The summed E-state index contributed by atoms with van der Waals surface area (Å²) in [6, 6.07) is 4.21. The second-order valence-corrected chi connectivity index (χ2v) is 8.97. The topological polar surface area (TPSA) is 116 Å². The summed E-state index contributed by atoms with van der Waals surface area (Å²) in [4.78, 5) is 36.3. The predicted octanol–water partition coefficient (Wildman–Crippen LogP) is 4.98. The van der Waals surface area contributed by atoms with Crippen LogP contribution in [0.3, 0.4) is 0 Å². The number of phenolic OH excluding ortho intramolecular Hbond substituents is 1. The van der Waals surface area contributed by atoms with Crippen molar-refractivity contribution in [3.8, 4) is 5.75 Å². The fourth-order valence-corrected chi connectivity index (χ4v) is 4.81. The number of aromatic carboxylic acids is 1. The molecule has 0 unspecified atom stereocenters. The van der Waals surface area contributed by atoms with E-state index in [1.54, 1.807) is 0 Å². The van der Waals surface area contributed by atoms with Crippen LogP contribution < -0.4 is 10.9 Å². The van der Waals surface area contributed by atoms with Crippen LogP contribution in [-0.2, 0) is 0 Å². The molecule has 142 valence electrons. The summed E-state index contributed by atoms with van der Waals surface area (Å²) in [5.41, 5.74) is 3.66. The second kappa shape index (κ2) is 9.03. The maximum atomic E-state index is 12.5. The number of carboxylic acids is 1. The number of rotatable bonds is 3. The molecule has 7 nitrogen and oxygen atoms in total. The summed E-state index contributed by atoms with van der Waals surface area (Å²) >= 11 is 16.0. The molecule has 0 saturated carbocycles. The minimum Gasteiger partial charge on any atom is -0.507 e. The van der Waals surface area contributed by atoms with Crippen LogP contribution in [0.25, 0.3) is 0 Å². The van der Waals surface area contributed by atoms with E-state index >= 15 is 0 Å². The lowest BCUT2D eigenvalue weighted by molar-refractivity contribution is 0.0689. The Labute approximate surface area is 194 Å². The van der Waals surface area contributed by atoms with Crippen LogP contribution in [0.15, 0.2) is 40.6 Å². The molecule has 0 atom stereocenters. The molecule has 0 aliphatic rings. The minimum absolute atomic E-state index is 0.0830. The number of hydrazine groups is 1. The number of nitrogens with one attached hydrogen (secondary N) is 2. The van der Waals surface area contributed by atoms with E-state index in [1.165, 1.54) is 18.2 Å². The quantitative estimate of drug-likeness (QED) is 0.206. The summed E-state index contributed by atoms with van der Waals surface area (Å²) in [7, 11) is 0. The summed E-state index contributed by atoms with van der Waals surface area (Å²) < 4.78 is 1.67. The summed E-state index contributed by atoms with van der Waals surface area (Å²) in [6.45, 7) is 0. The van der Waals surface area contributed by atoms with Crippen LogP contribution in [0.1, 0.15) is 31.1 Å². The monoisotopic (exact) mass is 690 g/mol.